The number of aryl methyl sites for hydroxylation is 1. The van der Waals surface area contributed by atoms with Crippen molar-refractivity contribution in [3.05, 3.63) is 99.6 Å². The Kier molecular flexibility index (Phi) is 3.56. The number of halogens is 1. The van der Waals surface area contributed by atoms with Crippen LogP contribution >= 0.6 is 11.6 Å². The molecule has 31 heavy (non-hydrogen) atoms. The number of imide groups is 1. The lowest BCUT2D eigenvalue weighted by Crippen LogP contribution is -2.59. The van der Waals surface area contributed by atoms with Gasteiger partial charge in [0.1, 0.15) is 0 Å². The summed E-state index contributed by atoms with van der Waals surface area (Å²) in [7, 11) is 0. The molecule has 1 heterocycles. The Morgan fingerprint density at radius 2 is 1.16 bits per heavy atom. The lowest BCUT2D eigenvalue weighted by Gasteiger charge is -2.57. The maximum atomic E-state index is 14.0. The number of hydrogen-bond acceptors (Lipinski definition) is 2. The third-order valence-electron chi connectivity index (χ3n) is 8.05. The maximum Gasteiger partial charge on any atom is 0.238 e. The van der Waals surface area contributed by atoms with Gasteiger partial charge in [0.15, 0.2) is 0 Å². The summed E-state index contributed by atoms with van der Waals surface area (Å²) in [6, 6.07) is 22.0. The quantitative estimate of drug-likeness (QED) is 0.488. The summed E-state index contributed by atoms with van der Waals surface area (Å²) in [4.78, 5) is 29.5. The Bertz CT molecular complexity index is 1190. The summed E-state index contributed by atoms with van der Waals surface area (Å²) < 4.78 is 0. The zero-order valence-corrected chi connectivity index (χ0v) is 18.4. The highest BCUT2D eigenvalue weighted by atomic mass is 35.5. The van der Waals surface area contributed by atoms with Gasteiger partial charge in [0, 0.05) is 15.9 Å². The van der Waals surface area contributed by atoms with E-state index >= 15 is 0 Å². The zero-order valence-electron chi connectivity index (χ0n) is 17.6. The van der Waals surface area contributed by atoms with Crippen LogP contribution in [0.4, 0.5) is 5.69 Å². The van der Waals surface area contributed by atoms with Gasteiger partial charge in [-0.3, -0.25) is 9.59 Å². The van der Waals surface area contributed by atoms with E-state index in [9.17, 15) is 9.59 Å². The van der Waals surface area contributed by atoms with E-state index < -0.39 is 22.7 Å². The molecule has 0 radical (unpaired) electrons. The van der Waals surface area contributed by atoms with Gasteiger partial charge in [0.05, 0.1) is 17.5 Å². The van der Waals surface area contributed by atoms with E-state index in [-0.39, 0.29) is 11.8 Å². The first kappa shape index (κ1) is 18.8. The van der Waals surface area contributed by atoms with E-state index in [0.29, 0.717) is 10.7 Å². The Morgan fingerprint density at radius 1 is 0.742 bits per heavy atom. The third kappa shape index (κ3) is 2.01. The number of hydrogen-bond donors (Lipinski definition) is 0. The first-order valence-corrected chi connectivity index (χ1v) is 11.0. The number of nitrogens with zero attached hydrogens (tertiary/aromatic N) is 1. The summed E-state index contributed by atoms with van der Waals surface area (Å²) in [5.74, 6) is -1.16. The minimum Gasteiger partial charge on any atom is -0.274 e. The van der Waals surface area contributed by atoms with Gasteiger partial charge >= 0.3 is 0 Å². The zero-order chi connectivity index (χ0) is 21.7. The van der Waals surface area contributed by atoms with Crippen LogP contribution in [0.5, 0.6) is 0 Å². The first-order valence-electron chi connectivity index (χ1n) is 10.6. The van der Waals surface area contributed by atoms with Crippen molar-refractivity contribution in [1.82, 2.24) is 0 Å². The molecule has 2 amide bonds. The van der Waals surface area contributed by atoms with Crippen molar-refractivity contribution < 1.29 is 9.59 Å². The topological polar surface area (TPSA) is 37.4 Å². The number of amides is 2. The number of carbonyl (C=O) groups is 2. The Hall–Kier alpha value is -2.91. The second kappa shape index (κ2) is 5.86. The summed E-state index contributed by atoms with van der Waals surface area (Å²) in [6.45, 7) is 6.19. The molecule has 4 aliphatic rings. The predicted octanol–water partition coefficient (Wildman–Crippen LogP) is 5.39. The van der Waals surface area contributed by atoms with E-state index in [1.807, 2.05) is 37.3 Å². The van der Waals surface area contributed by atoms with Gasteiger partial charge in [-0.05, 0) is 46.9 Å². The molecule has 3 aliphatic carbocycles. The highest BCUT2D eigenvalue weighted by molar-refractivity contribution is 6.31. The van der Waals surface area contributed by atoms with Gasteiger partial charge in [-0.15, -0.1) is 0 Å². The lowest BCUT2D eigenvalue weighted by molar-refractivity contribution is -0.124. The third-order valence-corrected chi connectivity index (χ3v) is 8.29. The molecule has 0 aromatic heterocycles. The largest absolute Gasteiger partial charge is 0.274 e. The highest BCUT2D eigenvalue weighted by Gasteiger charge is 2.70. The average Bonchev–Trinajstić information content (AvgIpc) is 3.05. The number of benzene rings is 3. The smallest absolute Gasteiger partial charge is 0.238 e. The van der Waals surface area contributed by atoms with Crippen LogP contribution in [0, 0.1) is 18.8 Å². The molecule has 0 spiro atoms. The van der Waals surface area contributed by atoms with Gasteiger partial charge in [-0.1, -0.05) is 80.0 Å². The van der Waals surface area contributed by atoms with Gasteiger partial charge in [0.25, 0.3) is 0 Å². The molecular weight excluding hydrogens is 406 g/mol. The summed E-state index contributed by atoms with van der Waals surface area (Å²) in [6.07, 6.45) is 0. The fourth-order valence-electron chi connectivity index (χ4n) is 6.63. The molecule has 4 heteroatoms. The van der Waals surface area contributed by atoms with E-state index in [0.717, 1.165) is 27.8 Å². The molecule has 2 bridgehead atoms. The van der Waals surface area contributed by atoms with Crippen LogP contribution in [-0.2, 0) is 20.4 Å². The molecule has 3 aromatic carbocycles. The van der Waals surface area contributed by atoms with Crippen LogP contribution in [0.1, 0.15) is 41.7 Å². The van der Waals surface area contributed by atoms with Crippen molar-refractivity contribution in [3.63, 3.8) is 0 Å². The summed E-state index contributed by atoms with van der Waals surface area (Å²) in [5.41, 5.74) is 4.95. The number of rotatable bonds is 1. The summed E-state index contributed by atoms with van der Waals surface area (Å²) >= 11 is 6.26. The Morgan fingerprint density at radius 3 is 1.58 bits per heavy atom. The van der Waals surface area contributed by atoms with Gasteiger partial charge in [-0.2, -0.15) is 0 Å². The van der Waals surface area contributed by atoms with Crippen molar-refractivity contribution in [2.75, 3.05) is 4.90 Å². The molecule has 3 aromatic rings. The molecule has 1 aliphatic heterocycles. The Labute approximate surface area is 186 Å². The molecule has 2 atom stereocenters. The first-order chi connectivity index (χ1) is 14.8. The van der Waals surface area contributed by atoms with Crippen molar-refractivity contribution >= 4 is 29.1 Å². The van der Waals surface area contributed by atoms with Crippen molar-refractivity contribution in [2.45, 2.75) is 31.6 Å². The molecule has 0 N–H and O–H groups in total. The fourth-order valence-corrected chi connectivity index (χ4v) is 6.80. The molecule has 1 saturated heterocycles. The van der Waals surface area contributed by atoms with Crippen molar-refractivity contribution in [3.8, 4) is 0 Å². The van der Waals surface area contributed by atoms with Gasteiger partial charge in [0.2, 0.25) is 11.8 Å². The molecule has 154 valence electrons. The van der Waals surface area contributed by atoms with Gasteiger partial charge in [-0.25, -0.2) is 4.90 Å². The minimum absolute atomic E-state index is 0.127. The SMILES string of the molecule is Cc1ccc(Cl)cc1N1C(=O)C2C(C1=O)C1(C)c3ccccc3C2(C)c2ccccc21. The van der Waals surface area contributed by atoms with E-state index in [4.69, 9.17) is 11.6 Å². The average molecular weight is 428 g/mol. The van der Waals surface area contributed by atoms with Crippen LogP contribution in [0.3, 0.4) is 0 Å². The van der Waals surface area contributed by atoms with Gasteiger partial charge < -0.3 is 0 Å². The second-order valence-electron chi connectivity index (χ2n) is 9.39. The van der Waals surface area contributed by atoms with E-state index in [2.05, 4.69) is 38.1 Å². The Balaban J connectivity index is 1.67. The van der Waals surface area contributed by atoms with E-state index in [1.54, 1.807) is 12.1 Å². The van der Waals surface area contributed by atoms with Crippen molar-refractivity contribution in [1.29, 1.82) is 0 Å². The standard InChI is InChI=1S/C27H22ClNO2/c1-15-12-13-16(28)14-21(15)29-24(30)22-23(25(29)31)27(3)19-10-6-4-8-17(19)26(22,2)18-9-5-7-11-20(18)27/h4-14,22-23H,1-3H3. The minimum atomic E-state index is -0.566. The molecule has 0 saturated carbocycles. The maximum absolute atomic E-state index is 14.0. The van der Waals surface area contributed by atoms with Crippen molar-refractivity contribution in [2.24, 2.45) is 11.8 Å². The van der Waals surface area contributed by atoms with Crippen LogP contribution in [-0.4, -0.2) is 11.8 Å². The predicted molar refractivity (Wildman–Crippen MR) is 121 cm³/mol. The normalized spacial score (nSPS) is 30.3. The number of carbonyl (C=O) groups excluding carboxylic acids is 2. The monoisotopic (exact) mass is 427 g/mol. The fraction of sp³-hybridized carbons (Fsp3) is 0.259. The van der Waals surface area contributed by atoms with E-state index in [1.165, 1.54) is 4.90 Å². The van der Waals surface area contributed by atoms with Crippen LogP contribution < -0.4 is 4.90 Å². The molecule has 7 rings (SSSR count). The van der Waals surface area contributed by atoms with Crippen LogP contribution in [0.2, 0.25) is 5.02 Å². The molecule has 3 nitrogen and oxygen atoms in total. The lowest BCUT2D eigenvalue weighted by atomic mass is 9.42. The second-order valence-corrected chi connectivity index (χ2v) is 9.83. The number of anilines is 1. The highest BCUT2D eigenvalue weighted by Crippen LogP contribution is 2.66. The van der Waals surface area contributed by atoms with Crippen LogP contribution in [0.25, 0.3) is 0 Å². The summed E-state index contributed by atoms with van der Waals surface area (Å²) in [5, 5.41) is 0.517. The molecular formula is C27H22ClNO2. The van der Waals surface area contributed by atoms with Crippen LogP contribution in [0.15, 0.2) is 66.7 Å². The molecule has 2 unspecified atom stereocenters. The molecule has 1 fully saturated rings.